The third kappa shape index (κ3) is 4.35. The van der Waals surface area contributed by atoms with Gasteiger partial charge in [-0.3, -0.25) is 4.79 Å². The molecule has 30 heavy (non-hydrogen) atoms. The Hall–Kier alpha value is -4.00. The number of methoxy groups -OCH3 is 1. The second-order valence-corrected chi connectivity index (χ2v) is 6.54. The molecule has 0 saturated carbocycles. The summed E-state index contributed by atoms with van der Waals surface area (Å²) in [5, 5.41) is 6.81. The summed E-state index contributed by atoms with van der Waals surface area (Å²) >= 11 is 0. The van der Waals surface area contributed by atoms with Gasteiger partial charge in [0.15, 0.2) is 0 Å². The lowest BCUT2D eigenvalue weighted by Crippen LogP contribution is -2.22. The van der Waals surface area contributed by atoms with Crippen molar-refractivity contribution in [2.75, 3.05) is 7.11 Å². The fraction of sp³-hybridized carbons (Fsp3) is 0.0870. The zero-order valence-electron chi connectivity index (χ0n) is 16.1. The number of rotatable bonds is 6. The van der Waals surface area contributed by atoms with Crippen LogP contribution in [0.15, 0.2) is 77.3 Å². The number of carbonyl (C=O) groups is 1. The minimum atomic E-state index is -0.330. The van der Waals surface area contributed by atoms with Crippen molar-refractivity contribution in [1.29, 1.82) is 0 Å². The molecule has 1 N–H and O–H groups in total. The number of benzene rings is 3. The number of nitrogens with one attached hydrogen (secondary N) is 1. The summed E-state index contributed by atoms with van der Waals surface area (Å²) in [7, 11) is 1.61. The molecule has 3 aromatic carbocycles. The molecule has 6 nitrogen and oxygen atoms in total. The van der Waals surface area contributed by atoms with Crippen LogP contribution < -0.4 is 10.1 Å². The topological polar surface area (TPSA) is 77.2 Å². The molecule has 1 heterocycles. The Balaban J connectivity index is 1.41. The highest BCUT2D eigenvalue weighted by Gasteiger charge is 2.12. The van der Waals surface area contributed by atoms with Crippen molar-refractivity contribution in [1.82, 2.24) is 15.5 Å². The molecule has 0 spiro atoms. The lowest BCUT2D eigenvalue weighted by Gasteiger charge is -2.07. The highest BCUT2D eigenvalue weighted by atomic mass is 19.1. The van der Waals surface area contributed by atoms with Gasteiger partial charge in [-0.2, -0.15) is 4.98 Å². The lowest BCUT2D eigenvalue weighted by molar-refractivity contribution is 0.0951. The third-order valence-electron chi connectivity index (χ3n) is 4.53. The average Bonchev–Trinajstić information content (AvgIpc) is 3.29. The monoisotopic (exact) mass is 403 g/mol. The van der Waals surface area contributed by atoms with Gasteiger partial charge in [-0.1, -0.05) is 17.3 Å². The molecule has 4 aromatic rings. The van der Waals surface area contributed by atoms with E-state index in [4.69, 9.17) is 9.26 Å². The van der Waals surface area contributed by atoms with E-state index in [-0.39, 0.29) is 11.7 Å². The number of aromatic nitrogens is 2. The van der Waals surface area contributed by atoms with Gasteiger partial charge in [0.05, 0.1) is 7.11 Å². The molecule has 1 aromatic heterocycles. The number of ether oxygens (including phenoxy) is 1. The fourth-order valence-corrected chi connectivity index (χ4v) is 2.85. The van der Waals surface area contributed by atoms with E-state index in [1.165, 1.54) is 12.1 Å². The molecule has 150 valence electrons. The van der Waals surface area contributed by atoms with Gasteiger partial charge in [0.1, 0.15) is 11.6 Å². The minimum Gasteiger partial charge on any atom is -0.497 e. The number of amides is 1. The van der Waals surface area contributed by atoms with E-state index in [1.807, 2.05) is 24.3 Å². The molecule has 0 aliphatic carbocycles. The molecule has 0 atom stereocenters. The maximum atomic E-state index is 13.1. The Morgan fingerprint density at radius 2 is 1.63 bits per heavy atom. The number of hydrogen-bond donors (Lipinski definition) is 1. The van der Waals surface area contributed by atoms with Crippen LogP contribution in [0.2, 0.25) is 0 Å². The van der Waals surface area contributed by atoms with Crippen molar-refractivity contribution in [3.8, 4) is 28.6 Å². The van der Waals surface area contributed by atoms with Gasteiger partial charge in [-0.05, 0) is 66.2 Å². The number of halogens is 1. The van der Waals surface area contributed by atoms with Gasteiger partial charge in [-0.25, -0.2) is 4.39 Å². The second-order valence-electron chi connectivity index (χ2n) is 6.54. The summed E-state index contributed by atoms with van der Waals surface area (Å²) in [6, 6.07) is 20.2. The Morgan fingerprint density at radius 3 is 2.30 bits per heavy atom. The van der Waals surface area contributed by atoms with E-state index < -0.39 is 0 Å². The predicted molar refractivity (Wildman–Crippen MR) is 109 cm³/mol. The van der Waals surface area contributed by atoms with E-state index in [1.54, 1.807) is 43.5 Å². The van der Waals surface area contributed by atoms with E-state index >= 15 is 0 Å². The molecule has 4 rings (SSSR count). The van der Waals surface area contributed by atoms with Crippen LogP contribution in [0.1, 0.15) is 15.9 Å². The molecular weight excluding hydrogens is 385 g/mol. The van der Waals surface area contributed by atoms with Gasteiger partial charge in [-0.15, -0.1) is 0 Å². The van der Waals surface area contributed by atoms with Crippen LogP contribution >= 0.6 is 0 Å². The van der Waals surface area contributed by atoms with Crippen LogP contribution in [0.4, 0.5) is 4.39 Å². The minimum absolute atomic E-state index is 0.185. The van der Waals surface area contributed by atoms with Crippen LogP contribution in [-0.4, -0.2) is 23.2 Å². The molecule has 0 fully saturated rings. The number of hydrogen-bond acceptors (Lipinski definition) is 5. The first-order valence-electron chi connectivity index (χ1n) is 9.23. The van der Waals surface area contributed by atoms with E-state index in [0.29, 0.717) is 35.0 Å². The molecule has 0 radical (unpaired) electrons. The zero-order chi connectivity index (χ0) is 20.9. The summed E-state index contributed by atoms with van der Waals surface area (Å²) < 4.78 is 23.5. The summed E-state index contributed by atoms with van der Waals surface area (Å²) in [6.07, 6.45) is 0. The molecule has 0 unspecified atom stereocenters. The van der Waals surface area contributed by atoms with Gasteiger partial charge in [0, 0.05) is 23.2 Å². The van der Waals surface area contributed by atoms with E-state index in [2.05, 4.69) is 15.5 Å². The quantitative estimate of drug-likeness (QED) is 0.514. The molecule has 7 heteroatoms. The van der Waals surface area contributed by atoms with Gasteiger partial charge in [0.25, 0.3) is 11.8 Å². The summed E-state index contributed by atoms with van der Waals surface area (Å²) in [6.45, 7) is 0.412. The van der Waals surface area contributed by atoms with Crippen LogP contribution in [0.3, 0.4) is 0 Å². The molecule has 1 amide bonds. The third-order valence-corrected chi connectivity index (χ3v) is 4.53. The van der Waals surface area contributed by atoms with Gasteiger partial charge in [0.2, 0.25) is 5.82 Å². The maximum Gasteiger partial charge on any atom is 0.258 e. The van der Waals surface area contributed by atoms with Crippen molar-refractivity contribution >= 4 is 5.91 Å². The van der Waals surface area contributed by atoms with Crippen molar-refractivity contribution in [3.05, 3.63) is 89.7 Å². The van der Waals surface area contributed by atoms with Crippen LogP contribution in [0, 0.1) is 5.82 Å². The highest BCUT2D eigenvalue weighted by Crippen LogP contribution is 2.23. The Kier molecular flexibility index (Phi) is 5.52. The van der Waals surface area contributed by atoms with Crippen molar-refractivity contribution in [3.63, 3.8) is 0 Å². The molecule has 0 aliphatic rings. The molecule has 0 aliphatic heterocycles. The van der Waals surface area contributed by atoms with Crippen LogP contribution in [-0.2, 0) is 6.54 Å². The first kappa shape index (κ1) is 19.3. The largest absolute Gasteiger partial charge is 0.497 e. The summed E-state index contributed by atoms with van der Waals surface area (Å²) in [5.74, 6) is 0.938. The first-order valence-corrected chi connectivity index (χ1v) is 9.23. The van der Waals surface area contributed by atoms with Crippen molar-refractivity contribution in [2.45, 2.75) is 6.54 Å². The standard InChI is InChI=1S/C23H18FN3O3/c1-29-20-12-2-15(3-13-20)14-25-22(28)17-4-6-18(7-5-17)23-26-21(27-30-23)16-8-10-19(24)11-9-16/h2-13H,14H2,1H3,(H,25,28). The number of carbonyl (C=O) groups excluding carboxylic acids is 1. The fourth-order valence-electron chi connectivity index (χ4n) is 2.85. The Morgan fingerprint density at radius 1 is 0.967 bits per heavy atom. The molecular formula is C23H18FN3O3. The normalized spacial score (nSPS) is 10.6. The van der Waals surface area contributed by atoms with Gasteiger partial charge < -0.3 is 14.6 Å². The lowest BCUT2D eigenvalue weighted by atomic mass is 10.1. The van der Waals surface area contributed by atoms with Gasteiger partial charge >= 0.3 is 0 Å². The highest BCUT2D eigenvalue weighted by molar-refractivity contribution is 5.94. The smallest absolute Gasteiger partial charge is 0.258 e. The second kappa shape index (κ2) is 8.57. The Labute approximate surface area is 172 Å². The SMILES string of the molecule is COc1ccc(CNC(=O)c2ccc(-c3nc(-c4ccc(F)cc4)no3)cc2)cc1. The summed E-state index contributed by atoms with van der Waals surface area (Å²) in [4.78, 5) is 16.7. The van der Waals surface area contributed by atoms with Crippen LogP contribution in [0.25, 0.3) is 22.8 Å². The zero-order valence-corrected chi connectivity index (χ0v) is 16.1. The van der Waals surface area contributed by atoms with E-state index in [9.17, 15) is 9.18 Å². The van der Waals surface area contributed by atoms with Crippen molar-refractivity contribution < 1.29 is 18.4 Å². The Bertz CT molecular complexity index is 1140. The van der Waals surface area contributed by atoms with Crippen LogP contribution in [0.5, 0.6) is 5.75 Å². The first-order chi connectivity index (χ1) is 14.6. The molecule has 0 bridgehead atoms. The average molecular weight is 403 g/mol. The van der Waals surface area contributed by atoms with Crippen molar-refractivity contribution in [2.24, 2.45) is 0 Å². The maximum absolute atomic E-state index is 13.1. The molecule has 0 saturated heterocycles. The summed E-state index contributed by atoms with van der Waals surface area (Å²) in [5.41, 5.74) is 2.83. The van der Waals surface area contributed by atoms with E-state index in [0.717, 1.165) is 11.3 Å². The number of nitrogens with zero attached hydrogens (tertiary/aromatic N) is 2. The predicted octanol–water partition coefficient (Wildman–Crippen LogP) is 4.48.